The number of phenols is 1. The third-order valence-electron chi connectivity index (χ3n) is 7.28. The molecule has 7 heteroatoms. The molecule has 188 valence electrons. The number of nitrogens with zero attached hydrogens (tertiary/aromatic N) is 4. The molecule has 6 nitrogen and oxygen atoms in total. The monoisotopic (exact) mass is 480 g/mol. The van der Waals surface area contributed by atoms with Gasteiger partial charge in [0, 0.05) is 37.9 Å². The quantitative estimate of drug-likeness (QED) is 0.488. The summed E-state index contributed by atoms with van der Waals surface area (Å²) in [6, 6.07) is 12.9. The van der Waals surface area contributed by atoms with Crippen LogP contribution in [-0.4, -0.2) is 58.0 Å². The molecule has 1 atom stereocenters. The van der Waals surface area contributed by atoms with E-state index in [1.807, 2.05) is 36.0 Å². The molecule has 0 radical (unpaired) electrons. The number of phenolic OH excluding ortho intramolecular Hbond substituents is 1. The first-order valence-electron chi connectivity index (χ1n) is 12.3. The van der Waals surface area contributed by atoms with Crippen LogP contribution in [0.15, 0.2) is 48.7 Å². The van der Waals surface area contributed by atoms with E-state index in [-0.39, 0.29) is 11.6 Å². The molecular formula is C28H37FN4O2. The smallest absolute Gasteiger partial charge is 0.160 e. The third kappa shape index (κ3) is 6.41. The molecule has 0 aliphatic carbocycles. The number of benzene rings is 2. The van der Waals surface area contributed by atoms with Gasteiger partial charge in [-0.3, -0.25) is 14.5 Å². The maximum atomic E-state index is 13.5. The molecule has 4 rings (SSSR count). The Morgan fingerprint density at radius 1 is 1.14 bits per heavy atom. The summed E-state index contributed by atoms with van der Waals surface area (Å²) in [6.07, 6.45) is 5.20. The molecule has 0 spiro atoms. The van der Waals surface area contributed by atoms with Crippen molar-refractivity contribution in [1.29, 1.82) is 0 Å². The number of likely N-dealkylation sites (tertiary alicyclic amines) is 1. The number of ether oxygens (including phenoxy) is 1. The number of likely N-dealkylation sites (N-methyl/N-ethyl adjacent to an activating group) is 1. The van der Waals surface area contributed by atoms with E-state index in [1.165, 1.54) is 11.1 Å². The Labute approximate surface area is 207 Å². The average molecular weight is 481 g/mol. The van der Waals surface area contributed by atoms with Gasteiger partial charge in [0.05, 0.1) is 12.8 Å². The fraction of sp³-hybridized carbons (Fsp3) is 0.464. The van der Waals surface area contributed by atoms with Gasteiger partial charge in [0.25, 0.3) is 0 Å². The molecule has 1 aliphatic rings. The molecule has 0 saturated carbocycles. The highest BCUT2D eigenvalue weighted by molar-refractivity contribution is 5.41. The largest absolute Gasteiger partial charge is 0.504 e. The second kappa shape index (κ2) is 11.2. The van der Waals surface area contributed by atoms with Crippen molar-refractivity contribution in [3.05, 3.63) is 76.9 Å². The van der Waals surface area contributed by atoms with Crippen LogP contribution in [0, 0.1) is 18.7 Å². The van der Waals surface area contributed by atoms with E-state index in [9.17, 15) is 9.50 Å². The first-order valence-corrected chi connectivity index (χ1v) is 12.3. The maximum absolute atomic E-state index is 13.5. The summed E-state index contributed by atoms with van der Waals surface area (Å²) in [5.41, 5.74) is 4.57. The SMILES string of the molecule is COc1ccc(CN2CCC(C(Cc3ccc(F)cc3)N(C)Cc3cn(C)nc3C)CC2)cc1O. The van der Waals surface area contributed by atoms with Gasteiger partial charge < -0.3 is 9.84 Å². The summed E-state index contributed by atoms with van der Waals surface area (Å²) in [5, 5.41) is 14.6. The lowest BCUT2D eigenvalue weighted by molar-refractivity contribution is 0.0953. The number of piperidine rings is 1. The van der Waals surface area contributed by atoms with Crippen LogP contribution >= 0.6 is 0 Å². The van der Waals surface area contributed by atoms with Crippen molar-refractivity contribution in [3.8, 4) is 11.5 Å². The predicted octanol–water partition coefficient (Wildman–Crippen LogP) is 4.54. The highest BCUT2D eigenvalue weighted by atomic mass is 19.1. The molecule has 1 unspecified atom stereocenters. The highest BCUT2D eigenvalue weighted by Crippen LogP contribution is 2.30. The number of rotatable bonds is 9. The zero-order valence-electron chi connectivity index (χ0n) is 21.2. The summed E-state index contributed by atoms with van der Waals surface area (Å²) in [5.74, 6) is 1.04. The summed E-state index contributed by atoms with van der Waals surface area (Å²) in [4.78, 5) is 4.91. The van der Waals surface area contributed by atoms with Gasteiger partial charge in [-0.15, -0.1) is 0 Å². The zero-order chi connectivity index (χ0) is 24.9. The lowest BCUT2D eigenvalue weighted by Crippen LogP contribution is -2.45. The van der Waals surface area contributed by atoms with Crippen molar-refractivity contribution in [3.63, 3.8) is 0 Å². The van der Waals surface area contributed by atoms with E-state index in [2.05, 4.69) is 35.1 Å². The van der Waals surface area contributed by atoms with Crippen molar-refractivity contribution in [1.82, 2.24) is 19.6 Å². The summed E-state index contributed by atoms with van der Waals surface area (Å²) in [6.45, 7) is 5.75. The van der Waals surface area contributed by atoms with Crippen LogP contribution in [0.2, 0.25) is 0 Å². The Morgan fingerprint density at radius 3 is 2.43 bits per heavy atom. The summed E-state index contributed by atoms with van der Waals surface area (Å²) >= 11 is 0. The van der Waals surface area contributed by atoms with E-state index >= 15 is 0 Å². The van der Waals surface area contributed by atoms with Crippen LogP contribution in [0.4, 0.5) is 4.39 Å². The molecule has 1 fully saturated rings. The van der Waals surface area contributed by atoms with Crippen molar-refractivity contribution < 1.29 is 14.2 Å². The van der Waals surface area contributed by atoms with Crippen LogP contribution in [-0.2, 0) is 26.6 Å². The van der Waals surface area contributed by atoms with Crippen LogP contribution in [0.5, 0.6) is 11.5 Å². The zero-order valence-corrected chi connectivity index (χ0v) is 21.2. The molecule has 1 aliphatic heterocycles. The van der Waals surface area contributed by atoms with Crippen LogP contribution in [0.1, 0.15) is 35.2 Å². The Kier molecular flexibility index (Phi) is 8.08. The Bertz CT molecular complexity index is 1110. The second-order valence-electron chi connectivity index (χ2n) is 9.85. The van der Waals surface area contributed by atoms with E-state index in [4.69, 9.17) is 4.74 Å². The first-order chi connectivity index (χ1) is 16.8. The van der Waals surface area contributed by atoms with Gasteiger partial charge in [-0.05, 0) is 87.6 Å². The molecule has 2 heterocycles. The molecule has 0 amide bonds. The normalized spacial score (nSPS) is 16.1. The minimum atomic E-state index is -0.192. The topological polar surface area (TPSA) is 53.8 Å². The van der Waals surface area contributed by atoms with Crippen molar-refractivity contribution in [2.75, 3.05) is 27.2 Å². The number of aromatic nitrogens is 2. The molecule has 1 aromatic heterocycles. The van der Waals surface area contributed by atoms with E-state index < -0.39 is 0 Å². The van der Waals surface area contributed by atoms with E-state index in [0.717, 1.165) is 56.7 Å². The summed E-state index contributed by atoms with van der Waals surface area (Å²) in [7, 11) is 5.73. The Morgan fingerprint density at radius 2 is 1.83 bits per heavy atom. The number of methoxy groups -OCH3 is 1. The third-order valence-corrected chi connectivity index (χ3v) is 7.28. The van der Waals surface area contributed by atoms with Crippen LogP contribution in [0.25, 0.3) is 0 Å². The molecule has 2 aromatic carbocycles. The molecule has 0 bridgehead atoms. The minimum absolute atomic E-state index is 0.187. The van der Waals surface area contributed by atoms with Gasteiger partial charge in [0.2, 0.25) is 0 Å². The van der Waals surface area contributed by atoms with Gasteiger partial charge in [-0.25, -0.2) is 4.39 Å². The number of halogens is 1. The fourth-order valence-electron chi connectivity index (χ4n) is 5.32. The van der Waals surface area contributed by atoms with Gasteiger partial charge in [-0.2, -0.15) is 5.10 Å². The predicted molar refractivity (Wildman–Crippen MR) is 136 cm³/mol. The molecule has 3 aromatic rings. The van der Waals surface area contributed by atoms with Crippen LogP contribution in [0.3, 0.4) is 0 Å². The van der Waals surface area contributed by atoms with Gasteiger partial charge in [0.1, 0.15) is 5.82 Å². The average Bonchev–Trinajstić information content (AvgIpc) is 3.15. The van der Waals surface area contributed by atoms with E-state index in [1.54, 1.807) is 25.3 Å². The highest BCUT2D eigenvalue weighted by Gasteiger charge is 2.30. The van der Waals surface area contributed by atoms with E-state index in [0.29, 0.717) is 17.7 Å². The molecular weight excluding hydrogens is 443 g/mol. The number of aromatic hydroxyl groups is 1. The van der Waals surface area contributed by atoms with Gasteiger partial charge in [0.15, 0.2) is 11.5 Å². The van der Waals surface area contributed by atoms with Crippen molar-refractivity contribution >= 4 is 0 Å². The lowest BCUT2D eigenvalue weighted by Gasteiger charge is -2.40. The number of hydrogen-bond acceptors (Lipinski definition) is 5. The second-order valence-corrected chi connectivity index (χ2v) is 9.85. The van der Waals surface area contributed by atoms with Crippen LogP contribution < -0.4 is 4.74 Å². The Hall–Kier alpha value is -2.90. The lowest BCUT2D eigenvalue weighted by atomic mass is 9.84. The van der Waals surface area contributed by atoms with Gasteiger partial charge >= 0.3 is 0 Å². The minimum Gasteiger partial charge on any atom is -0.504 e. The van der Waals surface area contributed by atoms with Crippen molar-refractivity contribution in [2.45, 2.75) is 45.3 Å². The Balaban J connectivity index is 1.43. The number of aryl methyl sites for hydroxylation is 2. The number of hydrogen-bond donors (Lipinski definition) is 1. The summed E-state index contributed by atoms with van der Waals surface area (Å²) < 4.78 is 20.6. The van der Waals surface area contributed by atoms with Gasteiger partial charge in [-0.1, -0.05) is 18.2 Å². The molecule has 1 N–H and O–H groups in total. The molecule has 35 heavy (non-hydrogen) atoms. The fourth-order valence-corrected chi connectivity index (χ4v) is 5.32. The van der Waals surface area contributed by atoms with Crippen molar-refractivity contribution in [2.24, 2.45) is 13.0 Å². The maximum Gasteiger partial charge on any atom is 0.160 e. The molecule has 1 saturated heterocycles. The standard InChI is InChI=1S/C28H37FN4O2/c1-20-24(19-32(3)30-20)18-31(2)26(15-21-5-8-25(29)9-6-21)23-11-13-33(14-12-23)17-22-7-10-28(35-4)27(34)16-22/h5-10,16,19,23,26,34H,11-15,17-18H2,1-4H3. The first kappa shape index (κ1) is 25.2.